The Balaban J connectivity index is 2.69. The third-order valence-electron chi connectivity index (χ3n) is 1.98. The molecule has 0 fully saturated rings. The normalized spacial score (nSPS) is 12.2. The van der Waals surface area contributed by atoms with Crippen molar-refractivity contribution in [1.82, 2.24) is 10.3 Å². The molecule has 0 aliphatic rings. The fraction of sp³-hybridized carbons (Fsp3) is 0.400. The lowest BCUT2D eigenvalue weighted by Crippen LogP contribution is -2.32. The summed E-state index contributed by atoms with van der Waals surface area (Å²) in [6, 6.07) is 3.06. The minimum absolute atomic E-state index is 0.0677. The van der Waals surface area contributed by atoms with Gasteiger partial charge in [-0.25, -0.2) is 4.98 Å². The molecular formula is C10H12Cl2N2O2. The maximum Gasteiger partial charge on any atom is 0.271 e. The lowest BCUT2D eigenvalue weighted by molar-refractivity contribution is 0.0866. The first kappa shape index (κ1) is 13.2. The molecule has 16 heavy (non-hydrogen) atoms. The summed E-state index contributed by atoms with van der Waals surface area (Å²) in [5, 5.41) is 3.15. The topological polar surface area (TPSA) is 51.2 Å². The minimum Gasteiger partial charge on any atom is -0.380 e. The van der Waals surface area contributed by atoms with Gasteiger partial charge in [0.1, 0.15) is 10.8 Å². The summed E-state index contributed by atoms with van der Waals surface area (Å²) >= 11 is 11.5. The van der Waals surface area contributed by atoms with Crippen LogP contribution in [0, 0.1) is 0 Å². The van der Waals surface area contributed by atoms with Gasteiger partial charge in [0.05, 0.1) is 11.1 Å². The number of carbonyl (C=O) groups is 1. The highest BCUT2D eigenvalue weighted by Crippen LogP contribution is 2.16. The number of carbonyl (C=O) groups excluding carboxylic acids is 1. The minimum atomic E-state index is -0.364. The van der Waals surface area contributed by atoms with Gasteiger partial charge in [0, 0.05) is 13.7 Å². The standard InChI is InChI=1S/C10H12Cl2N2O2/c1-6(16-2)5-13-10(15)9-7(11)3-4-8(12)14-9/h3-4,6H,5H2,1-2H3,(H,13,15). The van der Waals surface area contributed by atoms with E-state index in [4.69, 9.17) is 27.9 Å². The number of hydrogen-bond acceptors (Lipinski definition) is 3. The maximum atomic E-state index is 11.7. The van der Waals surface area contributed by atoms with E-state index in [1.54, 1.807) is 7.11 Å². The second-order valence-corrected chi connectivity index (χ2v) is 4.02. The Morgan fingerprint density at radius 1 is 1.56 bits per heavy atom. The summed E-state index contributed by atoms with van der Waals surface area (Å²) in [5.74, 6) is -0.364. The van der Waals surface area contributed by atoms with Crippen LogP contribution in [0.15, 0.2) is 12.1 Å². The number of hydrogen-bond donors (Lipinski definition) is 1. The van der Waals surface area contributed by atoms with Crippen LogP contribution in [-0.4, -0.2) is 30.6 Å². The third-order valence-corrected chi connectivity index (χ3v) is 2.50. The van der Waals surface area contributed by atoms with E-state index >= 15 is 0 Å². The van der Waals surface area contributed by atoms with Crippen molar-refractivity contribution in [3.63, 3.8) is 0 Å². The van der Waals surface area contributed by atoms with Crippen molar-refractivity contribution in [1.29, 1.82) is 0 Å². The molecular weight excluding hydrogens is 251 g/mol. The first-order valence-electron chi connectivity index (χ1n) is 4.67. The van der Waals surface area contributed by atoms with Gasteiger partial charge in [-0.3, -0.25) is 4.79 Å². The molecule has 88 valence electrons. The third kappa shape index (κ3) is 3.63. The Bertz CT molecular complexity index is 385. The summed E-state index contributed by atoms with van der Waals surface area (Å²) in [6.45, 7) is 2.23. The van der Waals surface area contributed by atoms with E-state index in [1.165, 1.54) is 12.1 Å². The van der Waals surface area contributed by atoms with Crippen LogP contribution in [0.2, 0.25) is 10.2 Å². The summed E-state index contributed by atoms with van der Waals surface area (Å²) in [4.78, 5) is 15.5. The summed E-state index contributed by atoms with van der Waals surface area (Å²) in [7, 11) is 1.57. The molecule has 0 saturated carbocycles. The Hall–Kier alpha value is -0.840. The van der Waals surface area contributed by atoms with Crippen LogP contribution in [0.1, 0.15) is 17.4 Å². The van der Waals surface area contributed by atoms with Gasteiger partial charge in [0.2, 0.25) is 0 Å². The van der Waals surface area contributed by atoms with Crippen LogP contribution in [0.25, 0.3) is 0 Å². The second kappa shape index (κ2) is 6.03. The first-order chi connectivity index (χ1) is 7.54. The average molecular weight is 263 g/mol. The molecule has 6 heteroatoms. The first-order valence-corrected chi connectivity index (χ1v) is 5.43. The van der Waals surface area contributed by atoms with E-state index in [-0.39, 0.29) is 27.9 Å². The molecule has 1 heterocycles. The number of ether oxygens (including phenoxy) is 1. The predicted octanol–water partition coefficient (Wildman–Crippen LogP) is 2.15. The van der Waals surface area contributed by atoms with Crippen LogP contribution in [0.3, 0.4) is 0 Å². The molecule has 0 saturated heterocycles. The molecule has 1 aromatic heterocycles. The fourth-order valence-electron chi connectivity index (χ4n) is 0.981. The van der Waals surface area contributed by atoms with E-state index < -0.39 is 0 Å². The highest BCUT2D eigenvalue weighted by Gasteiger charge is 2.13. The van der Waals surface area contributed by atoms with Gasteiger partial charge in [-0.1, -0.05) is 23.2 Å². The monoisotopic (exact) mass is 262 g/mol. The number of pyridine rings is 1. The second-order valence-electron chi connectivity index (χ2n) is 3.22. The van der Waals surface area contributed by atoms with E-state index in [1.807, 2.05) is 6.92 Å². The van der Waals surface area contributed by atoms with Gasteiger partial charge in [-0.2, -0.15) is 0 Å². The zero-order valence-corrected chi connectivity index (χ0v) is 10.5. The molecule has 4 nitrogen and oxygen atoms in total. The van der Waals surface area contributed by atoms with Crippen molar-refractivity contribution < 1.29 is 9.53 Å². The van der Waals surface area contributed by atoms with Gasteiger partial charge in [-0.05, 0) is 19.1 Å². The molecule has 1 rings (SSSR count). The van der Waals surface area contributed by atoms with E-state index in [2.05, 4.69) is 10.3 Å². The summed E-state index contributed by atoms with van der Waals surface area (Å²) < 4.78 is 5.00. The molecule has 0 aliphatic carbocycles. The zero-order valence-electron chi connectivity index (χ0n) is 8.96. The number of halogens is 2. The quantitative estimate of drug-likeness (QED) is 0.847. The number of aromatic nitrogens is 1. The van der Waals surface area contributed by atoms with Gasteiger partial charge in [0.15, 0.2) is 0 Å². The van der Waals surface area contributed by atoms with E-state index in [9.17, 15) is 4.79 Å². The predicted molar refractivity (Wildman–Crippen MR) is 63.1 cm³/mol. The Morgan fingerprint density at radius 2 is 2.25 bits per heavy atom. The fourth-order valence-corrected chi connectivity index (χ4v) is 1.32. The van der Waals surface area contributed by atoms with Crippen molar-refractivity contribution in [3.8, 4) is 0 Å². The lowest BCUT2D eigenvalue weighted by atomic mass is 10.3. The highest BCUT2D eigenvalue weighted by atomic mass is 35.5. The number of methoxy groups -OCH3 is 1. The molecule has 1 amide bonds. The van der Waals surface area contributed by atoms with Crippen molar-refractivity contribution >= 4 is 29.1 Å². The molecule has 0 aromatic carbocycles. The Kier molecular flexibility index (Phi) is 4.99. The average Bonchev–Trinajstić information content (AvgIpc) is 2.28. The van der Waals surface area contributed by atoms with Crippen molar-refractivity contribution in [2.75, 3.05) is 13.7 Å². The zero-order chi connectivity index (χ0) is 12.1. The highest BCUT2D eigenvalue weighted by molar-refractivity contribution is 6.34. The maximum absolute atomic E-state index is 11.7. The summed E-state index contributed by atoms with van der Waals surface area (Å²) in [5.41, 5.74) is 0.123. The van der Waals surface area contributed by atoms with Crippen molar-refractivity contribution in [3.05, 3.63) is 28.0 Å². The Labute approximate surface area is 104 Å². The Morgan fingerprint density at radius 3 is 2.88 bits per heavy atom. The lowest BCUT2D eigenvalue weighted by Gasteiger charge is -2.10. The van der Waals surface area contributed by atoms with Gasteiger partial charge in [0.25, 0.3) is 5.91 Å². The van der Waals surface area contributed by atoms with Gasteiger partial charge in [-0.15, -0.1) is 0 Å². The van der Waals surface area contributed by atoms with Crippen LogP contribution in [0.5, 0.6) is 0 Å². The number of rotatable bonds is 4. The molecule has 0 aliphatic heterocycles. The van der Waals surface area contributed by atoms with Crippen molar-refractivity contribution in [2.45, 2.75) is 13.0 Å². The largest absolute Gasteiger partial charge is 0.380 e. The molecule has 1 aromatic rings. The molecule has 1 unspecified atom stereocenters. The van der Waals surface area contributed by atoms with E-state index in [0.29, 0.717) is 6.54 Å². The SMILES string of the molecule is COC(C)CNC(=O)c1nc(Cl)ccc1Cl. The smallest absolute Gasteiger partial charge is 0.271 e. The van der Waals surface area contributed by atoms with Crippen LogP contribution < -0.4 is 5.32 Å². The van der Waals surface area contributed by atoms with Gasteiger partial charge < -0.3 is 10.1 Å². The van der Waals surface area contributed by atoms with Gasteiger partial charge >= 0.3 is 0 Å². The van der Waals surface area contributed by atoms with Crippen LogP contribution >= 0.6 is 23.2 Å². The van der Waals surface area contributed by atoms with Crippen LogP contribution in [0.4, 0.5) is 0 Å². The molecule has 0 radical (unpaired) electrons. The molecule has 0 bridgehead atoms. The van der Waals surface area contributed by atoms with Crippen molar-refractivity contribution in [2.24, 2.45) is 0 Å². The number of nitrogens with zero attached hydrogens (tertiary/aromatic N) is 1. The van der Waals surface area contributed by atoms with Crippen LogP contribution in [-0.2, 0) is 4.74 Å². The van der Waals surface area contributed by atoms with E-state index in [0.717, 1.165) is 0 Å². The molecule has 1 N–H and O–H groups in total. The molecule has 1 atom stereocenters. The summed E-state index contributed by atoms with van der Waals surface area (Å²) in [6.07, 6.45) is -0.0677. The molecule has 0 spiro atoms. The number of amides is 1. The number of nitrogens with one attached hydrogen (secondary N) is 1.